The maximum atomic E-state index is 11.9. The van der Waals surface area contributed by atoms with E-state index >= 15 is 0 Å². The smallest absolute Gasteiger partial charge is 0.258 e. The molecule has 3 rings (SSSR count). The minimum Gasteiger partial charge on any atom is -0.484 e. The zero-order valence-electron chi connectivity index (χ0n) is 15.4. The lowest BCUT2D eigenvalue weighted by Gasteiger charge is -2.09. The molecule has 5 heteroatoms. The molecule has 0 unspecified atom stereocenters. The summed E-state index contributed by atoms with van der Waals surface area (Å²) in [6.07, 6.45) is 0. The van der Waals surface area contributed by atoms with Gasteiger partial charge in [-0.15, -0.1) is 0 Å². The van der Waals surface area contributed by atoms with Crippen molar-refractivity contribution < 1.29 is 14.3 Å². The molecule has 3 aromatic rings. The summed E-state index contributed by atoms with van der Waals surface area (Å²) in [5.41, 5.74) is 2.81. The van der Waals surface area contributed by atoms with E-state index in [1.165, 1.54) is 0 Å². The minimum atomic E-state index is -0.235. The van der Waals surface area contributed by atoms with Crippen LogP contribution in [0.1, 0.15) is 10.4 Å². The van der Waals surface area contributed by atoms with Gasteiger partial charge in [-0.25, -0.2) is 0 Å². The van der Waals surface area contributed by atoms with Crippen molar-refractivity contribution in [1.29, 1.82) is 0 Å². The normalized spacial score (nSPS) is 10.1. The molecule has 0 aromatic heterocycles. The molecule has 28 heavy (non-hydrogen) atoms. The molecule has 2 amide bonds. The van der Waals surface area contributed by atoms with E-state index in [0.29, 0.717) is 24.4 Å². The van der Waals surface area contributed by atoms with Crippen molar-refractivity contribution >= 4 is 11.8 Å². The van der Waals surface area contributed by atoms with Gasteiger partial charge in [-0.1, -0.05) is 60.7 Å². The van der Waals surface area contributed by atoms with Gasteiger partial charge in [-0.05, 0) is 35.4 Å². The van der Waals surface area contributed by atoms with Crippen molar-refractivity contribution in [3.63, 3.8) is 0 Å². The van der Waals surface area contributed by atoms with Crippen LogP contribution < -0.4 is 15.4 Å². The third kappa shape index (κ3) is 5.71. The molecule has 0 saturated carbocycles. The molecule has 142 valence electrons. The summed E-state index contributed by atoms with van der Waals surface area (Å²) in [7, 11) is 0. The lowest BCUT2D eigenvalue weighted by atomic mass is 10.1. The van der Waals surface area contributed by atoms with E-state index in [-0.39, 0.29) is 18.4 Å². The number of nitrogens with one attached hydrogen (secondary N) is 2. The molecular formula is C23H22N2O3. The molecular weight excluding hydrogens is 352 g/mol. The molecule has 0 saturated heterocycles. The van der Waals surface area contributed by atoms with Crippen LogP contribution in [0.25, 0.3) is 11.1 Å². The number of hydrogen-bond acceptors (Lipinski definition) is 3. The van der Waals surface area contributed by atoms with Crippen LogP contribution in [-0.2, 0) is 4.79 Å². The second-order valence-electron chi connectivity index (χ2n) is 6.15. The fourth-order valence-corrected chi connectivity index (χ4v) is 2.64. The summed E-state index contributed by atoms with van der Waals surface area (Å²) < 4.78 is 5.51. The fourth-order valence-electron chi connectivity index (χ4n) is 2.64. The molecule has 0 atom stereocenters. The number of rotatable bonds is 8. The third-order valence-electron chi connectivity index (χ3n) is 4.10. The summed E-state index contributed by atoms with van der Waals surface area (Å²) in [6, 6.07) is 26.6. The third-order valence-corrected chi connectivity index (χ3v) is 4.10. The van der Waals surface area contributed by atoms with Gasteiger partial charge in [0.15, 0.2) is 6.61 Å². The number of ether oxygens (including phenoxy) is 1. The zero-order valence-corrected chi connectivity index (χ0v) is 15.4. The molecule has 0 aliphatic heterocycles. The van der Waals surface area contributed by atoms with Crippen molar-refractivity contribution in [3.8, 4) is 16.9 Å². The predicted molar refractivity (Wildman–Crippen MR) is 109 cm³/mol. The Hall–Kier alpha value is -3.60. The summed E-state index contributed by atoms with van der Waals surface area (Å²) in [5, 5.41) is 5.47. The van der Waals surface area contributed by atoms with Crippen LogP contribution in [0, 0.1) is 0 Å². The highest BCUT2D eigenvalue weighted by atomic mass is 16.5. The lowest BCUT2D eigenvalue weighted by Crippen LogP contribution is -2.36. The second kappa shape index (κ2) is 9.92. The second-order valence-corrected chi connectivity index (χ2v) is 6.15. The van der Waals surface area contributed by atoms with Crippen LogP contribution in [0.2, 0.25) is 0 Å². The van der Waals surface area contributed by atoms with Crippen molar-refractivity contribution in [2.24, 2.45) is 0 Å². The topological polar surface area (TPSA) is 67.4 Å². The van der Waals surface area contributed by atoms with Crippen molar-refractivity contribution in [2.45, 2.75) is 0 Å². The molecule has 0 heterocycles. The van der Waals surface area contributed by atoms with Crippen LogP contribution in [0.3, 0.4) is 0 Å². The monoisotopic (exact) mass is 374 g/mol. The quantitative estimate of drug-likeness (QED) is 0.595. The first-order valence-electron chi connectivity index (χ1n) is 9.10. The van der Waals surface area contributed by atoms with Gasteiger partial charge in [-0.2, -0.15) is 0 Å². The average Bonchev–Trinajstić information content (AvgIpc) is 2.76. The first-order valence-corrected chi connectivity index (χ1v) is 9.10. The Morgan fingerprint density at radius 1 is 0.679 bits per heavy atom. The molecule has 0 fully saturated rings. The largest absolute Gasteiger partial charge is 0.484 e. The number of benzene rings is 3. The first-order chi connectivity index (χ1) is 13.7. The number of carbonyl (C=O) groups excluding carboxylic acids is 2. The van der Waals surface area contributed by atoms with Gasteiger partial charge in [0.05, 0.1) is 0 Å². The fraction of sp³-hybridized carbons (Fsp3) is 0.130. The summed E-state index contributed by atoms with van der Waals surface area (Å²) in [5.74, 6) is 0.234. The lowest BCUT2D eigenvalue weighted by molar-refractivity contribution is -0.123. The van der Waals surface area contributed by atoms with Crippen LogP contribution >= 0.6 is 0 Å². The predicted octanol–water partition coefficient (Wildman–Crippen LogP) is 3.28. The van der Waals surface area contributed by atoms with Crippen LogP contribution in [0.4, 0.5) is 0 Å². The maximum absolute atomic E-state index is 11.9. The highest BCUT2D eigenvalue weighted by Gasteiger charge is 2.05. The average molecular weight is 374 g/mol. The SMILES string of the molecule is O=C(COc1ccc(-c2ccccc2)cc1)NCCNC(=O)c1ccccc1. The Balaban J connectivity index is 1.36. The summed E-state index contributed by atoms with van der Waals surface area (Å²) in [6.45, 7) is 0.621. The zero-order chi connectivity index (χ0) is 19.6. The highest BCUT2D eigenvalue weighted by Crippen LogP contribution is 2.21. The molecule has 5 nitrogen and oxygen atoms in total. The Kier molecular flexibility index (Phi) is 6.79. The summed E-state index contributed by atoms with van der Waals surface area (Å²) >= 11 is 0. The van der Waals surface area contributed by atoms with Gasteiger partial charge in [0.1, 0.15) is 5.75 Å². The number of amides is 2. The molecule has 0 radical (unpaired) electrons. The highest BCUT2D eigenvalue weighted by molar-refractivity contribution is 5.94. The van der Waals surface area contributed by atoms with E-state index in [2.05, 4.69) is 10.6 Å². The first kappa shape index (κ1) is 19.2. The van der Waals surface area contributed by atoms with Gasteiger partial charge < -0.3 is 15.4 Å². The minimum absolute atomic E-state index is 0.0721. The van der Waals surface area contributed by atoms with E-state index in [1.54, 1.807) is 24.3 Å². The van der Waals surface area contributed by atoms with E-state index in [1.807, 2.05) is 60.7 Å². The van der Waals surface area contributed by atoms with Crippen molar-refractivity contribution in [3.05, 3.63) is 90.5 Å². The molecule has 3 aromatic carbocycles. The Bertz CT molecular complexity index is 894. The van der Waals surface area contributed by atoms with Crippen molar-refractivity contribution in [2.75, 3.05) is 19.7 Å². The van der Waals surface area contributed by atoms with E-state index < -0.39 is 0 Å². The van der Waals surface area contributed by atoms with Crippen LogP contribution in [0.5, 0.6) is 5.75 Å². The van der Waals surface area contributed by atoms with Gasteiger partial charge >= 0.3 is 0 Å². The van der Waals surface area contributed by atoms with Crippen molar-refractivity contribution in [1.82, 2.24) is 10.6 Å². The number of carbonyl (C=O) groups is 2. The maximum Gasteiger partial charge on any atom is 0.258 e. The van der Waals surface area contributed by atoms with Crippen LogP contribution in [0.15, 0.2) is 84.9 Å². The Morgan fingerprint density at radius 2 is 1.25 bits per heavy atom. The van der Waals surface area contributed by atoms with E-state index in [9.17, 15) is 9.59 Å². The molecule has 0 aliphatic carbocycles. The summed E-state index contributed by atoms with van der Waals surface area (Å²) in [4.78, 5) is 23.8. The molecule has 0 spiro atoms. The van der Waals surface area contributed by atoms with E-state index in [4.69, 9.17) is 4.74 Å². The van der Waals surface area contributed by atoms with Gasteiger partial charge in [0, 0.05) is 18.7 Å². The molecule has 0 bridgehead atoms. The number of hydrogen-bond donors (Lipinski definition) is 2. The Labute approximate surface area is 164 Å². The van der Waals surface area contributed by atoms with Gasteiger partial charge in [0.25, 0.3) is 11.8 Å². The Morgan fingerprint density at radius 3 is 1.93 bits per heavy atom. The van der Waals surface area contributed by atoms with Gasteiger partial charge in [-0.3, -0.25) is 9.59 Å². The molecule has 0 aliphatic rings. The standard InChI is InChI=1S/C23H22N2O3/c26-22(24-15-16-25-23(27)20-9-5-2-6-10-20)17-28-21-13-11-19(12-14-21)18-7-3-1-4-8-18/h1-14H,15-17H2,(H,24,26)(H,25,27). The molecule has 2 N–H and O–H groups in total. The van der Waals surface area contributed by atoms with E-state index in [0.717, 1.165) is 11.1 Å². The van der Waals surface area contributed by atoms with Crippen LogP contribution in [-0.4, -0.2) is 31.5 Å². The van der Waals surface area contributed by atoms with Gasteiger partial charge in [0.2, 0.25) is 0 Å².